The van der Waals surface area contributed by atoms with Crippen molar-refractivity contribution in [2.24, 2.45) is 7.05 Å². The van der Waals surface area contributed by atoms with Crippen molar-refractivity contribution in [3.63, 3.8) is 0 Å². The third kappa shape index (κ3) is 2.72. The summed E-state index contributed by atoms with van der Waals surface area (Å²) in [5, 5.41) is 1.07. The fraction of sp³-hybridized carbons (Fsp3) is 0.111. The van der Waals surface area contributed by atoms with Crippen LogP contribution in [0.25, 0.3) is 10.9 Å². The van der Waals surface area contributed by atoms with E-state index in [1.165, 1.54) is 12.1 Å². The molecule has 0 spiro atoms. The van der Waals surface area contributed by atoms with Gasteiger partial charge >= 0.3 is 0 Å². The van der Waals surface area contributed by atoms with E-state index in [1.807, 2.05) is 35.9 Å². The zero-order valence-electron chi connectivity index (χ0n) is 13.7. The highest BCUT2D eigenvalue weighted by Gasteiger charge is 2.21. The molecular formula is C18H14ClN3O4. The van der Waals surface area contributed by atoms with E-state index in [1.54, 1.807) is 6.20 Å². The lowest BCUT2D eigenvalue weighted by atomic mass is 10.1. The number of hydrazine groups is 1. The summed E-state index contributed by atoms with van der Waals surface area (Å²) in [5.41, 5.74) is 6.45. The number of nitrogens with zero attached hydrogens (tertiary/aromatic N) is 1. The first-order valence-corrected chi connectivity index (χ1v) is 8.16. The summed E-state index contributed by atoms with van der Waals surface area (Å²) < 4.78 is 12.3. The van der Waals surface area contributed by atoms with Gasteiger partial charge in [-0.25, -0.2) is 0 Å². The molecule has 0 unspecified atom stereocenters. The van der Waals surface area contributed by atoms with Crippen molar-refractivity contribution in [2.75, 3.05) is 6.79 Å². The first-order chi connectivity index (χ1) is 12.5. The minimum Gasteiger partial charge on any atom is -0.454 e. The van der Waals surface area contributed by atoms with Crippen molar-refractivity contribution in [1.29, 1.82) is 0 Å². The summed E-state index contributed by atoms with van der Waals surface area (Å²) in [7, 11) is 1.85. The molecule has 2 aromatic carbocycles. The number of amides is 2. The standard InChI is InChI=1S/C18H14ClN3O4/c1-22-8-12(11-4-2-3-5-14(11)22)18(24)21-20-17(23)10-6-13(19)16-15(7-10)25-9-26-16/h2-8H,9H2,1H3,(H,20,23)(H,21,24). The summed E-state index contributed by atoms with van der Waals surface area (Å²) in [6.07, 6.45) is 1.71. The van der Waals surface area contributed by atoms with Gasteiger partial charge in [-0.15, -0.1) is 0 Å². The summed E-state index contributed by atoms with van der Waals surface area (Å²) in [4.78, 5) is 24.8. The van der Waals surface area contributed by atoms with Crippen LogP contribution in [0.5, 0.6) is 11.5 Å². The second-order valence-corrected chi connectivity index (χ2v) is 6.18. The first kappa shape index (κ1) is 16.3. The Morgan fingerprint density at radius 3 is 2.73 bits per heavy atom. The number of carbonyl (C=O) groups is 2. The topological polar surface area (TPSA) is 81.6 Å². The van der Waals surface area contributed by atoms with E-state index in [2.05, 4.69) is 10.9 Å². The second-order valence-electron chi connectivity index (χ2n) is 5.77. The fourth-order valence-corrected chi connectivity index (χ4v) is 3.14. The summed E-state index contributed by atoms with van der Waals surface area (Å²) in [5.74, 6) is -0.133. The number of para-hydroxylation sites is 1. The highest BCUT2D eigenvalue weighted by molar-refractivity contribution is 6.32. The molecule has 8 heteroatoms. The fourth-order valence-electron chi connectivity index (χ4n) is 2.87. The molecule has 132 valence electrons. The van der Waals surface area contributed by atoms with Crippen LogP contribution in [0.15, 0.2) is 42.6 Å². The molecule has 1 aliphatic heterocycles. The average molecular weight is 372 g/mol. The number of hydrogen-bond donors (Lipinski definition) is 2. The molecule has 0 bridgehead atoms. The zero-order chi connectivity index (χ0) is 18.3. The monoisotopic (exact) mass is 371 g/mol. The number of aromatic nitrogens is 1. The molecule has 7 nitrogen and oxygen atoms in total. The van der Waals surface area contributed by atoms with Gasteiger partial charge in [-0.05, 0) is 18.2 Å². The van der Waals surface area contributed by atoms with Crippen molar-refractivity contribution in [3.05, 3.63) is 58.7 Å². The normalized spacial score (nSPS) is 12.2. The number of ether oxygens (including phenoxy) is 2. The molecule has 1 aromatic heterocycles. The van der Waals surface area contributed by atoms with Crippen LogP contribution >= 0.6 is 11.6 Å². The minimum atomic E-state index is -0.515. The van der Waals surface area contributed by atoms with E-state index in [0.29, 0.717) is 17.1 Å². The van der Waals surface area contributed by atoms with Gasteiger partial charge in [0, 0.05) is 29.7 Å². The Hall–Kier alpha value is -3.19. The Morgan fingerprint density at radius 2 is 1.88 bits per heavy atom. The van der Waals surface area contributed by atoms with Gasteiger partial charge in [0.15, 0.2) is 11.5 Å². The molecule has 26 heavy (non-hydrogen) atoms. The van der Waals surface area contributed by atoms with Gasteiger partial charge in [0.1, 0.15) is 0 Å². The number of carbonyl (C=O) groups excluding carboxylic acids is 2. The lowest BCUT2D eigenvalue weighted by molar-refractivity contribution is 0.0847. The van der Waals surface area contributed by atoms with E-state index >= 15 is 0 Å². The van der Waals surface area contributed by atoms with Gasteiger partial charge in [0.05, 0.1) is 10.6 Å². The Labute approximate surface area is 153 Å². The maximum absolute atomic E-state index is 12.5. The van der Waals surface area contributed by atoms with E-state index in [4.69, 9.17) is 21.1 Å². The van der Waals surface area contributed by atoms with E-state index < -0.39 is 11.8 Å². The smallest absolute Gasteiger partial charge is 0.271 e. The molecule has 3 aromatic rings. The van der Waals surface area contributed by atoms with Crippen LogP contribution in [0.1, 0.15) is 20.7 Å². The molecule has 0 saturated carbocycles. The van der Waals surface area contributed by atoms with Crippen LogP contribution in [-0.2, 0) is 7.05 Å². The molecule has 0 aliphatic carbocycles. The Bertz CT molecular complexity index is 1040. The van der Waals surface area contributed by atoms with Crippen LogP contribution in [0.4, 0.5) is 0 Å². The van der Waals surface area contributed by atoms with Crippen molar-refractivity contribution in [2.45, 2.75) is 0 Å². The van der Waals surface area contributed by atoms with Crippen molar-refractivity contribution >= 4 is 34.3 Å². The number of halogens is 1. The van der Waals surface area contributed by atoms with Gasteiger partial charge in [-0.3, -0.25) is 20.4 Å². The number of benzene rings is 2. The van der Waals surface area contributed by atoms with E-state index in [9.17, 15) is 9.59 Å². The van der Waals surface area contributed by atoms with Gasteiger partial charge in [-0.1, -0.05) is 29.8 Å². The van der Waals surface area contributed by atoms with Crippen molar-refractivity contribution < 1.29 is 19.1 Å². The number of nitrogens with one attached hydrogen (secondary N) is 2. The second kappa shape index (κ2) is 6.27. The van der Waals surface area contributed by atoms with Gasteiger partial charge < -0.3 is 14.0 Å². The molecular weight excluding hydrogens is 358 g/mol. The lowest BCUT2D eigenvalue weighted by Gasteiger charge is -2.08. The van der Waals surface area contributed by atoms with Gasteiger partial charge in [0.2, 0.25) is 6.79 Å². The lowest BCUT2D eigenvalue weighted by Crippen LogP contribution is -2.41. The number of rotatable bonds is 2. The molecule has 0 radical (unpaired) electrons. The molecule has 1 aliphatic rings. The summed E-state index contributed by atoms with van der Waals surface area (Å²) in [6.45, 7) is 0.0535. The van der Waals surface area contributed by atoms with Crippen molar-refractivity contribution in [3.8, 4) is 11.5 Å². The molecule has 2 amide bonds. The minimum absolute atomic E-state index is 0.0535. The molecule has 0 atom stereocenters. The predicted octanol–water partition coefficient (Wildman–Crippen LogP) is 2.64. The van der Waals surface area contributed by atoms with Crippen LogP contribution < -0.4 is 20.3 Å². The average Bonchev–Trinajstić information content (AvgIpc) is 3.25. The molecule has 2 N–H and O–H groups in total. The van der Waals surface area contributed by atoms with Crippen LogP contribution in [-0.4, -0.2) is 23.2 Å². The Balaban J connectivity index is 1.51. The van der Waals surface area contributed by atoms with E-state index in [0.717, 1.165) is 10.9 Å². The molecule has 4 rings (SSSR count). The SMILES string of the molecule is Cn1cc(C(=O)NNC(=O)c2cc(Cl)c3c(c2)OCO3)c2ccccc21. The summed E-state index contributed by atoms with van der Waals surface area (Å²) in [6, 6.07) is 10.5. The van der Waals surface area contributed by atoms with Crippen LogP contribution in [0, 0.1) is 0 Å². The quantitative estimate of drug-likeness (QED) is 0.678. The Morgan fingerprint density at radius 1 is 1.12 bits per heavy atom. The van der Waals surface area contributed by atoms with Crippen LogP contribution in [0.3, 0.4) is 0 Å². The third-order valence-corrected chi connectivity index (χ3v) is 4.40. The number of hydrogen-bond acceptors (Lipinski definition) is 4. The zero-order valence-corrected chi connectivity index (χ0v) is 14.5. The third-order valence-electron chi connectivity index (χ3n) is 4.12. The predicted molar refractivity (Wildman–Crippen MR) is 95.4 cm³/mol. The van der Waals surface area contributed by atoms with Gasteiger partial charge in [-0.2, -0.15) is 0 Å². The molecule has 0 fully saturated rings. The first-order valence-electron chi connectivity index (χ1n) is 7.78. The van der Waals surface area contributed by atoms with E-state index in [-0.39, 0.29) is 17.4 Å². The maximum Gasteiger partial charge on any atom is 0.271 e. The Kier molecular flexibility index (Phi) is 3.93. The summed E-state index contributed by atoms with van der Waals surface area (Å²) >= 11 is 6.07. The molecule has 2 heterocycles. The van der Waals surface area contributed by atoms with Gasteiger partial charge in [0.25, 0.3) is 11.8 Å². The highest BCUT2D eigenvalue weighted by Crippen LogP contribution is 2.39. The largest absolute Gasteiger partial charge is 0.454 e. The number of aryl methyl sites for hydroxylation is 1. The van der Waals surface area contributed by atoms with Crippen molar-refractivity contribution in [1.82, 2.24) is 15.4 Å². The number of fused-ring (bicyclic) bond motifs is 2. The van der Waals surface area contributed by atoms with Crippen LogP contribution in [0.2, 0.25) is 5.02 Å². The molecule has 0 saturated heterocycles. The maximum atomic E-state index is 12.5. The highest BCUT2D eigenvalue weighted by atomic mass is 35.5.